The third-order valence-corrected chi connectivity index (χ3v) is 7.63. The molecule has 138 valence electrons. The fourth-order valence-electron chi connectivity index (χ4n) is 2.19. The fourth-order valence-corrected chi connectivity index (χ4v) is 4.34. The Hall–Kier alpha value is -0.580. The van der Waals surface area contributed by atoms with Gasteiger partial charge in [-0.3, -0.25) is 0 Å². The van der Waals surface area contributed by atoms with Crippen molar-refractivity contribution < 1.29 is 39.0 Å². The molecule has 0 bridgehead atoms. The predicted octanol–water partition coefficient (Wildman–Crippen LogP) is -1.30. The number of Topliss-reactive ketones (excluding diaryl/α,β-unsaturated/α-hetero) is 1. The zero-order chi connectivity index (χ0) is 18.0. The standard InChI is InChI=1S/C11H21N3O8P2/c12-6-9(15)10(2-1-3-10)21-22-23(17)11(16,24(18,19)20)7-14-5-4-13-8-14/h4-5,8,16-20,24H,1-3,6-7,12H2/t11?,23-/m1/s1. The van der Waals surface area contributed by atoms with Crippen LogP contribution in [0, 0.1) is 0 Å². The molecule has 0 amide bonds. The molecule has 2 rings (SSSR count). The number of imidazole rings is 1. The van der Waals surface area contributed by atoms with Crippen LogP contribution in [-0.4, -0.2) is 57.2 Å². The molecule has 1 saturated carbocycles. The fraction of sp³-hybridized carbons (Fsp3) is 0.636. The molecule has 1 aromatic heterocycles. The number of nitrogens with two attached hydrogens (primary N) is 1. The molecule has 1 aromatic rings. The molecule has 0 aliphatic heterocycles. The van der Waals surface area contributed by atoms with Gasteiger partial charge in [0.2, 0.25) is 0 Å². The van der Waals surface area contributed by atoms with Gasteiger partial charge in [0.15, 0.2) is 0 Å². The molecule has 2 atom stereocenters. The van der Waals surface area contributed by atoms with Gasteiger partial charge in [0.05, 0.1) is 0 Å². The van der Waals surface area contributed by atoms with Gasteiger partial charge in [0, 0.05) is 0 Å². The van der Waals surface area contributed by atoms with Crippen LogP contribution < -0.4 is 5.73 Å². The number of aromatic nitrogens is 2. The van der Waals surface area contributed by atoms with Gasteiger partial charge >= 0.3 is 138 Å². The van der Waals surface area contributed by atoms with Gasteiger partial charge in [0.25, 0.3) is 0 Å². The number of nitrogens with zero attached hydrogens (tertiary/aromatic N) is 2. The summed E-state index contributed by atoms with van der Waals surface area (Å²) in [5.74, 6) is -0.434. The Labute approximate surface area is 139 Å². The van der Waals surface area contributed by atoms with Crippen LogP contribution in [0.2, 0.25) is 0 Å². The van der Waals surface area contributed by atoms with E-state index < -0.39 is 39.3 Å². The first-order valence-electron chi connectivity index (χ1n) is 7.08. The first-order valence-corrected chi connectivity index (χ1v) is 10.1. The Morgan fingerprint density at radius 3 is 2.54 bits per heavy atom. The summed E-state index contributed by atoms with van der Waals surface area (Å²) in [6, 6.07) is 0. The molecule has 0 saturated heterocycles. The molecule has 1 fully saturated rings. The quantitative estimate of drug-likeness (QED) is 0.170. The second-order valence-electron chi connectivity index (χ2n) is 5.59. The van der Waals surface area contributed by atoms with Crippen LogP contribution in [0.1, 0.15) is 19.3 Å². The van der Waals surface area contributed by atoms with Crippen molar-refractivity contribution in [1.29, 1.82) is 0 Å². The van der Waals surface area contributed by atoms with Crippen LogP contribution in [0.15, 0.2) is 18.7 Å². The van der Waals surface area contributed by atoms with Crippen molar-refractivity contribution in [3.8, 4) is 0 Å². The maximum absolute atomic E-state index is 11.8. The van der Waals surface area contributed by atoms with Crippen LogP contribution >= 0.6 is 16.3 Å². The monoisotopic (exact) mass is 385 g/mol. The topological polar surface area (TPSA) is 181 Å². The van der Waals surface area contributed by atoms with E-state index in [1.165, 1.54) is 23.3 Å². The van der Waals surface area contributed by atoms with Crippen molar-refractivity contribution in [3.05, 3.63) is 18.7 Å². The Bertz CT molecular complexity index is 562. The van der Waals surface area contributed by atoms with E-state index >= 15 is 0 Å². The second-order valence-corrected chi connectivity index (χ2v) is 9.55. The van der Waals surface area contributed by atoms with Gasteiger partial charge in [-0.15, -0.1) is 0 Å². The van der Waals surface area contributed by atoms with Crippen LogP contribution in [0.3, 0.4) is 0 Å². The molecular weight excluding hydrogens is 364 g/mol. The summed E-state index contributed by atoms with van der Waals surface area (Å²) < 4.78 is 5.94. The molecule has 0 radical (unpaired) electrons. The molecule has 1 aliphatic rings. The number of aliphatic hydroxyl groups is 1. The van der Waals surface area contributed by atoms with Gasteiger partial charge in [-0.25, -0.2) is 0 Å². The van der Waals surface area contributed by atoms with Gasteiger partial charge in [0.1, 0.15) is 0 Å². The molecule has 1 unspecified atom stereocenters. The average molecular weight is 385 g/mol. The minimum atomic E-state index is -5.28. The van der Waals surface area contributed by atoms with E-state index in [0.717, 1.165) is 0 Å². The summed E-state index contributed by atoms with van der Waals surface area (Å²) in [6.45, 7) is -0.892. The predicted molar refractivity (Wildman–Crippen MR) is 84.1 cm³/mol. The molecule has 1 heterocycles. The normalized spacial score (nSPS) is 21.6. The first-order chi connectivity index (χ1) is 11.1. The third-order valence-electron chi connectivity index (χ3n) is 3.94. The summed E-state index contributed by atoms with van der Waals surface area (Å²) in [5, 5.41) is 7.61. The Morgan fingerprint density at radius 2 is 2.12 bits per heavy atom. The number of rotatable bonds is 9. The molecule has 24 heavy (non-hydrogen) atoms. The summed E-state index contributed by atoms with van der Waals surface area (Å²) >= 11 is 0. The van der Waals surface area contributed by atoms with E-state index in [2.05, 4.69) is 4.98 Å². The van der Waals surface area contributed by atoms with Gasteiger partial charge < -0.3 is 0 Å². The number of hydrogen-bond donors (Lipinski definition) is 6. The third kappa shape index (κ3) is 3.81. The second kappa shape index (κ2) is 7.35. The molecule has 11 nitrogen and oxygen atoms in total. The van der Waals surface area contributed by atoms with Crippen molar-refractivity contribution in [2.75, 3.05) is 6.54 Å². The van der Waals surface area contributed by atoms with E-state index in [1.807, 2.05) is 0 Å². The Kier molecular flexibility index (Phi) is 6.04. The van der Waals surface area contributed by atoms with E-state index in [-0.39, 0.29) is 6.54 Å². The molecule has 0 spiro atoms. The van der Waals surface area contributed by atoms with Crippen LogP contribution in [-0.2, 0) is 20.9 Å². The Balaban J connectivity index is 2.11. The van der Waals surface area contributed by atoms with E-state index in [9.17, 15) is 29.5 Å². The zero-order valence-corrected chi connectivity index (χ0v) is 14.5. The van der Waals surface area contributed by atoms with Crippen LogP contribution in [0.4, 0.5) is 0 Å². The number of carbonyl (C=O) groups is 1. The summed E-state index contributed by atoms with van der Waals surface area (Å²) in [7, 11) is -8.36. The van der Waals surface area contributed by atoms with E-state index in [1.54, 1.807) is 0 Å². The minimum absolute atomic E-state index is 0.287. The van der Waals surface area contributed by atoms with Gasteiger partial charge in [-0.05, 0) is 0 Å². The average Bonchev–Trinajstić information content (AvgIpc) is 2.96. The van der Waals surface area contributed by atoms with Crippen molar-refractivity contribution in [2.24, 2.45) is 5.73 Å². The van der Waals surface area contributed by atoms with Crippen molar-refractivity contribution >= 4 is 22.1 Å². The molecular formula is C11H21N3O8P2. The first kappa shape index (κ1) is 19.7. The molecule has 1 aliphatic carbocycles. The number of carbonyl (C=O) groups excluding carboxylic acids is 1. The van der Waals surface area contributed by atoms with Crippen molar-refractivity contribution in [1.82, 2.24) is 9.55 Å². The molecule has 0 aromatic carbocycles. The van der Waals surface area contributed by atoms with Crippen molar-refractivity contribution in [3.63, 3.8) is 0 Å². The zero-order valence-electron chi connectivity index (χ0n) is 12.6. The molecule has 13 heteroatoms. The SMILES string of the molecule is NCC(=O)C1(OO[P@@](O)C(O)(Cn2ccnc2)[PH](O)(O)O)CCC1. The van der Waals surface area contributed by atoms with Gasteiger partial charge in [-0.1, -0.05) is 0 Å². The molecule has 7 N–H and O–H groups in total. The Morgan fingerprint density at radius 1 is 1.46 bits per heavy atom. The van der Waals surface area contributed by atoms with Crippen LogP contribution in [0.5, 0.6) is 0 Å². The van der Waals surface area contributed by atoms with Crippen molar-refractivity contribution in [2.45, 2.75) is 36.5 Å². The van der Waals surface area contributed by atoms with Crippen LogP contribution in [0.25, 0.3) is 0 Å². The maximum atomic E-state index is 11.8. The number of ketones is 1. The number of hydrogen-bond acceptors (Lipinski definition) is 10. The summed E-state index contributed by atoms with van der Waals surface area (Å²) in [6.07, 6.45) is 5.31. The summed E-state index contributed by atoms with van der Waals surface area (Å²) in [4.78, 5) is 59.3. The van der Waals surface area contributed by atoms with E-state index in [4.69, 9.17) is 15.3 Å². The summed E-state index contributed by atoms with van der Waals surface area (Å²) in [5.41, 5.74) is 3.98. The van der Waals surface area contributed by atoms with Gasteiger partial charge in [-0.2, -0.15) is 0 Å². The van der Waals surface area contributed by atoms with E-state index in [0.29, 0.717) is 19.3 Å².